The second-order valence-corrected chi connectivity index (χ2v) is 11.3. The van der Waals surface area contributed by atoms with Crippen LogP contribution in [0.3, 0.4) is 0 Å². The second kappa shape index (κ2) is 15.6. The number of amides is 1. The van der Waals surface area contributed by atoms with Crippen molar-refractivity contribution in [1.29, 1.82) is 0 Å². The van der Waals surface area contributed by atoms with Crippen molar-refractivity contribution in [3.8, 4) is 45.8 Å². The molecule has 260 valence electrons. The average molecular weight is 677 g/mol. The highest BCUT2D eigenvalue weighted by atomic mass is 16.5. The molecular formula is C36H40N2O11. The molecule has 2 heterocycles. The van der Waals surface area contributed by atoms with Crippen LogP contribution in [0.5, 0.6) is 34.5 Å². The van der Waals surface area contributed by atoms with Gasteiger partial charge in [0.2, 0.25) is 5.75 Å². The van der Waals surface area contributed by atoms with E-state index in [0.717, 1.165) is 5.56 Å². The molecule has 0 bridgehead atoms. The summed E-state index contributed by atoms with van der Waals surface area (Å²) >= 11 is 0. The Balaban J connectivity index is 1.24. The molecule has 0 spiro atoms. The maximum atomic E-state index is 13.1. The number of carbonyl (C=O) groups is 2. The number of aromatic hydroxyl groups is 1. The van der Waals surface area contributed by atoms with Gasteiger partial charge in [-0.15, -0.1) is 0 Å². The molecule has 0 unspecified atom stereocenters. The lowest BCUT2D eigenvalue weighted by Crippen LogP contribution is -2.49. The van der Waals surface area contributed by atoms with Gasteiger partial charge in [0.25, 0.3) is 5.91 Å². The van der Waals surface area contributed by atoms with Crippen molar-refractivity contribution in [2.24, 2.45) is 0 Å². The Morgan fingerprint density at radius 2 is 1.55 bits per heavy atom. The van der Waals surface area contributed by atoms with E-state index >= 15 is 0 Å². The Hall–Kier alpha value is -5.43. The first kappa shape index (κ1) is 34.9. The van der Waals surface area contributed by atoms with E-state index in [1.807, 2.05) is 12.1 Å². The first-order chi connectivity index (χ1) is 23.7. The van der Waals surface area contributed by atoms with Crippen molar-refractivity contribution in [2.45, 2.75) is 19.9 Å². The number of hydrogen-bond donors (Lipinski definition) is 1. The van der Waals surface area contributed by atoms with Crippen LogP contribution < -0.4 is 29.1 Å². The van der Waals surface area contributed by atoms with Gasteiger partial charge in [-0.25, -0.2) is 0 Å². The third-order valence-corrected chi connectivity index (χ3v) is 8.21. The van der Waals surface area contributed by atoms with Crippen LogP contribution in [0.25, 0.3) is 22.3 Å². The summed E-state index contributed by atoms with van der Waals surface area (Å²) in [5, 5.41) is 10.7. The van der Waals surface area contributed by atoms with E-state index in [1.165, 1.54) is 25.3 Å². The number of hydrogen-bond acceptors (Lipinski definition) is 12. The number of phenols is 1. The summed E-state index contributed by atoms with van der Waals surface area (Å²) in [6.07, 6.45) is -0.0301. The third kappa shape index (κ3) is 8.00. The number of phenolic OH excluding ortho intramolecular Hbond substituents is 1. The molecule has 0 aliphatic carbocycles. The van der Waals surface area contributed by atoms with Crippen LogP contribution in [-0.2, 0) is 27.3 Å². The molecule has 1 N–H and O–H groups in total. The summed E-state index contributed by atoms with van der Waals surface area (Å²) in [4.78, 5) is 42.2. The number of carbonyl (C=O) groups excluding carboxylic acids is 2. The lowest BCUT2D eigenvalue weighted by atomic mass is 10.0. The molecule has 1 fully saturated rings. The van der Waals surface area contributed by atoms with E-state index in [1.54, 1.807) is 51.4 Å². The molecule has 0 atom stereocenters. The van der Waals surface area contributed by atoms with Gasteiger partial charge in [0.1, 0.15) is 34.0 Å². The normalized spacial score (nSPS) is 13.2. The number of ether oxygens (including phenoxy) is 6. The second-order valence-electron chi connectivity index (χ2n) is 11.3. The predicted octanol–water partition coefficient (Wildman–Crippen LogP) is 4.03. The monoisotopic (exact) mass is 676 g/mol. The zero-order chi connectivity index (χ0) is 35.1. The smallest absolute Gasteiger partial charge is 0.310 e. The number of esters is 1. The topological polar surface area (TPSA) is 146 Å². The maximum absolute atomic E-state index is 13.1. The third-order valence-electron chi connectivity index (χ3n) is 8.21. The highest BCUT2D eigenvalue weighted by Gasteiger charge is 2.23. The molecule has 4 aromatic rings. The zero-order valence-electron chi connectivity index (χ0n) is 28.2. The van der Waals surface area contributed by atoms with Crippen molar-refractivity contribution < 1.29 is 47.5 Å². The first-order valence-electron chi connectivity index (χ1n) is 15.7. The summed E-state index contributed by atoms with van der Waals surface area (Å²) in [5.41, 5.74) is 1.68. The molecule has 1 aromatic heterocycles. The van der Waals surface area contributed by atoms with E-state index in [-0.39, 0.29) is 53.8 Å². The summed E-state index contributed by atoms with van der Waals surface area (Å²) in [6, 6.07) is 12.9. The molecule has 1 amide bonds. The van der Waals surface area contributed by atoms with Crippen LogP contribution in [-0.4, -0.2) is 94.6 Å². The van der Waals surface area contributed by atoms with E-state index in [4.69, 9.17) is 32.8 Å². The fourth-order valence-electron chi connectivity index (χ4n) is 5.78. The number of fused-ring (bicyclic) bond motifs is 1. The minimum Gasteiger partial charge on any atom is -0.507 e. The Kier molecular flexibility index (Phi) is 11.1. The summed E-state index contributed by atoms with van der Waals surface area (Å²) in [6.45, 7) is 4.66. The van der Waals surface area contributed by atoms with Gasteiger partial charge in [-0.1, -0.05) is 0 Å². The summed E-state index contributed by atoms with van der Waals surface area (Å²) in [5.74, 6) is 1.59. The lowest BCUT2D eigenvalue weighted by molar-refractivity contribution is -0.142. The van der Waals surface area contributed by atoms with Gasteiger partial charge >= 0.3 is 5.97 Å². The predicted molar refractivity (Wildman–Crippen MR) is 180 cm³/mol. The standard InChI is InChI=1S/C36H40N2O11/c1-6-47-34(42)16-24-15-23(7-8-28(24)43-2)29-19-27(40)35-26(39)17-25(18-30(35)49-29)48-21-33(41)38-11-9-37(10-12-38)20-22-13-31(44-3)36(46-5)32(14-22)45-4/h7-8,13-15,17-19,39H,6,9-12,16,20-21H2,1-5H3. The largest absolute Gasteiger partial charge is 0.507 e. The van der Waals surface area contributed by atoms with E-state index in [0.29, 0.717) is 66.8 Å². The van der Waals surface area contributed by atoms with Crippen LogP contribution in [0.4, 0.5) is 0 Å². The van der Waals surface area contributed by atoms with Gasteiger partial charge in [0.15, 0.2) is 23.5 Å². The molecule has 0 radical (unpaired) electrons. The first-order valence-corrected chi connectivity index (χ1v) is 15.7. The minimum absolute atomic E-state index is 0.0223. The Labute approximate surface area is 283 Å². The average Bonchev–Trinajstić information content (AvgIpc) is 3.10. The fraction of sp³-hybridized carbons (Fsp3) is 0.361. The van der Waals surface area contributed by atoms with Crippen LogP contribution in [0.15, 0.2) is 57.7 Å². The summed E-state index contributed by atoms with van der Waals surface area (Å²) < 4.78 is 38.6. The van der Waals surface area contributed by atoms with Crippen LogP contribution >= 0.6 is 0 Å². The van der Waals surface area contributed by atoms with Crippen molar-refractivity contribution in [2.75, 3.05) is 67.8 Å². The zero-order valence-corrected chi connectivity index (χ0v) is 28.2. The Morgan fingerprint density at radius 1 is 0.857 bits per heavy atom. The molecular weight excluding hydrogens is 636 g/mol. The highest BCUT2D eigenvalue weighted by molar-refractivity contribution is 5.86. The van der Waals surface area contributed by atoms with Crippen molar-refractivity contribution in [1.82, 2.24) is 9.80 Å². The Bertz CT molecular complexity index is 1850. The van der Waals surface area contributed by atoms with Crippen LogP contribution in [0.1, 0.15) is 18.1 Å². The number of rotatable bonds is 13. The molecule has 1 saturated heterocycles. The van der Waals surface area contributed by atoms with Crippen molar-refractivity contribution >= 4 is 22.8 Å². The molecule has 0 saturated carbocycles. The fourth-order valence-corrected chi connectivity index (χ4v) is 5.78. The molecule has 3 aromatic carbocycles. The molecule has 5 rings (SSSR count). The highest BCUT2D eigenvalue weighted by Crippen LogP contribution is 2.38. The molecule has 13 nitrogen and oxygen atoms in total. The summed E-state index contributed by atoms with van der Waals surface area (Å²) in [7, 11) is 6.21. The van der Waals surface area contributed by atoms with E-state index < -0.39 is 11.4 Å². The lowest BCUT2D eigenvalue weighted by Gasteiger charge is -2.34. The van der Waals surface area contributed by atoms with Crippen LogP contribution in [0, 0.1) is 0 Å². The number of piperazine rings is 1. The van der Waals surface area contributed by atoms with Gasteiger partial charge in [-0.3, -0.25) is 19.3 Å². The molecule has 13 heteroatoms. The molecule has 1 aliphatic heterocycles. The van der Waals surface area contributed by atoms with Crippen molar-refractivity contribution in [3.05, 3.63) is 69.9 Å². The van der Waals surface area contributed by atoms with Gasteiger partial charge in [0.05, 0.1) is 41.5 Å². The minimum atomic E-state index is -0.469. The molecule has 1 aliphatic rings. The quantitative estimate of drug-likeness (QED) is 0.204. The van der Waals surface area contributed by atoms with Gasteiger partial charge in [0, 0.05) is 62.0 Å². The number of nitrogens with zero attached hydrogens (tertiary/aromatic N) is 2. The van der Waals surface area contributed by atoms with E-state index in [2.05, 4.69) is 4.90 Å². The number of benzene rings is 3. The Morgan fingerprint density at radius 3 is 2.18 bits per heavy atom. The van der Waals surface area contributed by atoms with Crippen LogP contribution in [0.2, 0.25) is 0 Å². The molecule has 49 heavy (non-hydrogen) atoms. The number of methoxy groups -OCH3 is 4. The van der Waals surface area contributed by atoms with Gasteiger partial charge in [-0.2, -0.15) is 0 Å². The van der Waals surface area contributed by atoms with Gasteiger partial charge < -0.3 is 42.8 Å². The van der Waals surface area contributed by atoms with Crippen molar-refractivity contribution in [3.63, 3.8) is 0 Å². The SMILES string of the molecule is CCOC(=O)Cc1cc(-c2cc(=O)c3c(O)cc(OCC(=O)N4CCN(Cc5cc(OC)c(OC)c(OC)c5)CC4)cc3o2)ccc1OC. The van der Waals surface area contributed by atoms with E-state index in [9.17, 15) is 19.5 Å². The van der Waals surface area contributed by atoms with Gasteiger partial charge in [-0.05, 0) is 42.8 Å². The maximum Gasteiger partial charge on any atom is 0.310 e.